The summed E-state index contributed by atoms with van der Waals surface area (Å²) in [5.41, 5.74) is 0.903. The molecule has 1 aliphatic heterocycles. The van der Waals surface area contributed by atoms with E-state index in [1.54, 1.807) is 0 Å². The Morgan fingerprint density at radius 2 is 2.20 bits per heavy atom. The molecule has 0 radical (unpaired) electrons. The van der Waals surface area contributed by atoms with Crippen LogP contribution >= 0.6 is 11.3 Å². The van der Waals surface area contributed by atoms with Gasteiger partial charge in [-0.05, 0) is 38.8 Å². The number of aromatic nitrogens is 1. The standard InChI is InChI=1S/C13H19N3O3S/c1-9-8-20-13(14-9)15-11(17)7-16-4-2-10(3-5-16)6-12(18)19/h8,10H,2-7H2,1H3,(H,18,19)(H,14,15,17). The third kappa shape index (κ3) is 4.57. The maximum atomic E-state index is 11.9. The van der Waals surface area contributed by atoms with Crippen molar-refractivity contribution < 1.29 is 14.7 Å². The SMILES string of the molecule is Cc1csc(NC(=O)CN2CCC(CC(=O)O)CC2)n1. The second kappa shape index (κ2) is 6.81. The van der Waals surface area contributed by atoms with Gasteiger partial charge < -0.3 is 10.4 Å². The lowest BCUT2D eigenvalue weighted by molar-refractivity contribution is -0.138. The van der Waals surface area contributed by atoms with E-state index in [0.29, 0.717) is 11.7 Å². The van der Waals surface area contributed by atoms with E-state index >= 15 is 0 Å². The van der Waals surface area contributed by atoms with Crippen LogP contribution in [0.4, 0.5) is 5.13 Å². The number of nitrogens with one attached hydrogen (secondary N) is 1. The summed E-state index contributed by atoms with van der Waals surface area (Å²) < 4.78 is 0. The van der Waals surface area contributed by atoms with Gasteiger partial charge in [0.05, 0.1) is 12.2 Å². The molecule has 2 N–H and O–H groups in total. The molecule has 0 spiro atoms. The number of amides is 1. The minimum absolute atomic E-state index is 0.0592. The van der Waals surface area contributed by atoms with Gasteiger partial charge in [-0.2, -0.15) is 0 Å². The zero-order chi connectivity index (χ0) is 14.5. The third-order valence-corrected chi connectivity index (χ3v) is 4.28. The number of piperidine rings is 1. The molecule has 2 heterocycles. The molecule has 7 heteroatoms. The molecule has 1 aromatic heterocycles. The monoisotopic (exact) mass is 297 g/mol. The molecule has 1 saturated heterocycles. The summed E-state index contributed by atoms with van der Waals surface area (Å²) in [7, 11) is 0. The number of anilines is 1. The molecule has 2 rings (SSSR count). The van der Waals surface area contributed by atoms with Crippen molar-refractivity contribution in [3.05, 3.63) is 11.1 Å². The first-order valence-electron chi connectivity index (χ1n) is 6.69. The summed E-state index contributed by atoms with van der Waals surface area (Å²) in [4.78, 5) is 28.8. The number of hydrogen-bond donors (Lipinski definition) is 2. The highest BCUT2D eigenvalue weighted by Crippen LogP contribution is 2.20. The summed E-state index contributed by atoms with van der Waals surface area (Å²) in [6.07, 6.45) is 1.92. The highest BCUT2D eigenvalue weighted by molar-refractivity contribution is 7.13. The van der Waals surface area contributed by atoms with E-state index in [0.717, 1.165) is 31.6 Å². The molecule has 1 fully saturated rings. The Balaban J connectivity index is 1.72. The number of aryl methyl sites for hydroxylation is 1. The van der Waals surface area contributed by atoms with Crippen LogP contribution in [0.5, 0.6) is 0 Å². The van der Waals surface area contributed by atoms with E-state index in [1.165, 1.54) is 11.3 Å². The molecule has 0 atom stereocenters. The lowest BCUT2D eigenvalue weighted by Gasteiger charge is -2.30. The average molecular weight is 297 g/mol. The number of likely N-dealkylation sites (tertiary alicyclic amines) is 1. The molecule has 0 bridgehead atoms. The van der Waals surface area contributed by atoms with Crippen molar-refractivity contribution in [3.63, 3.8) is 0 Å². The summed E-state index contributed by atoms with van der Waals surface area (Å²) >= 11 is 1.42. The van der Waals surface area contributed by atoms with Crippen LogP contribution in [0.2, 0.25) is 0 Å². The Hall–Kier alpha value is -1.47. The van der Waals surface area contributed by atoms with E-state index in [9.17, 15) is 9.59 Å². The van der Waals surface area contributed by atoms with Crippen molar-refractivity contribution in [2.75, 3.05) is 25.0 Å². The summed E-state index contributed by atoms with van der Waals surface area (Å²) in [5, 5.41) is 14.1. The zero-order valence-corrected chi connectivity index (χ0v) is 12.3. The van der Waals surface area contributed by atoms with E-state index in [2.05, 4.69) is 15.2 Å². The topological polar surface area (TPSA) is 82.5 Å². The fraction of sp³-hybridized carbons (Fsp3) is 0.615. The van der Waals surface area contributed by atoms with Gasteiger partial charge in [0.2, 0.25) is 5.91 Å². The molecule has 1 aliphatic rings. The summed E-state index contributed by atoms with van der Waals surface area (Å²) in [6, 6.07) is 0. The molecule has 0 aromatic carbocycles. The molecule has 0 saturated carbocycles. The number of hydrogen-bond acceptors (Lipinski definition) is 5. The first-order chi connectivity index (χ1) is 9.52. The van der Waals surface area contributed by atoms with Crippen LogP contribution in [0.15, 0.2) is 5.38 Å². The lowest BCUT2D eigenvalue weighted by Crippen LogP contribution is -2.39. The number of carboxylic acids is 1. The predicted octanol–water partition coefficient (Wildman–Crippen LogP) is 1.58. The molecule has 6 nitrogen and oxygen atoms in total. The van der Waals surface area contributed by atoms with E-state index in [4.69, 9.17) is 5.11 Å². The number of aliphatic carboxylic acids is 1. The molecule has 110 valence electrons. The third-order valence-electron chi connectivity index (χ3n) is 3.40. The maximum absolute atomic E-state index is 11.9. The molecular formula is C13H19N3O3S. The Kier molecular flexibility index (Phi) is 5.08. The second-order valence-electron chi connectivity index (χ2n) is 5.16. The number of rotatable bonds is 5. The van der Waals surface area contributed by atoms with Crippen molar-refractivity contribution >= 4 is 28.3 Å². The smallest absolute Gasteiger partial charge is 0.303 e. The van der Waals surface area contributed by atoms with Crippen LogP contribution in [-0.4, -0.2) is 46.5 Å². The summed E-state index contributed by atoms with van der Waals surface area (Å²) in [5.74, 6) is -0.551. The van der Waals surface area contributed by atoms with E-state index < -0.39 is 5.97 Å². The molecular weight excluding hydrogens is 278 g/mol. The van der Waals surface area contributed by atoms with Crippen LogP contribution in [0, 0.1) is 12.8 Å². The number of thiazole rings is 1. The maximum Gasteiger partial charge on any atom is 0.303 e. The number of carboxylic acid groups (broad SMARTS) is 1. The van der Waals surface area contributed by atoms with Crippen LogP contribution in [0.25, 0.3) is 0 Å². The fourth-order valence-electron chi connectivity index (χ4n) is 2.37. The van der Waals surface area contributed by atoms with Gasteiger partial charge in [0.25, 0.3) is 0 Å². The van der Waals surface area contributed by atoms with Gasteiger partial charge in [-0.1, -0.05) is 0 Å². The van der Waals surface area contributed by atoms with Gasteiger partial charge in [0, 0.05) is 11.8 Å². The van der Waals surface area contributed by atoms with E-state index in [-0.39, 0.29) is 18.2 Å². The highest BCUT2D eigenvalue weighted by atomic mass is 32.1. The van der Waals surface area contributed by atoms with Crippen molar-refractivity contribution in [1.29, 1.82) is 0 Å². The number of nitrogens with zero attached hydrogens (tertiary/aromatic N) is 2. The first-order valence-corrected chi connectivity index (χ1v) is 7.57. The molecule has 20 heavy (non-hydrogen) atoms. The van der Waals surface area contributed by atoms with Gasteiger partial charge in [-0.25, -0.2) is 4.98 Å². The fourth-order valence-corrected chi connectivity index (χ4v) is 3.07. The van der Waals surface area contributed by atoms with Gasteiger partial charge >= 0.3 is 5.97 Å². The quantitative estimate of drug-likeness (QED) is 0.862. The Morgan fingerprint density at radius 1 is 1.50 bits per heavy atom. The molecule has 1 aromatic rings. The summed E-state index contributed by atoms with van der Waals surface area (Å²) in [6.45, 7) is 3.79. The van der Waals surface area contributed by atoms with Gasteiger partial charge in [0.15, 0.2) is 5.13 Å². The van der Waals surface area contributed by atoms with Crippen LogP contribution in [-0.2, 0) is 9.59 Å². The van der Waals surface area contributed by atoms with Crippen molar-refractivity contribution in [1.82, 2.24) is 9.88 Å². The number of carbonyl (C=O) groups is 2. The second-order valence-corrected chi connectivity index (χ2v) is 6.02. The minimum Gasteiger partial charge on any atom is -0.481 e. The Labute approximate surface area is 121 Å². The Bertz CT molecular complexity index is 481. The molecule has 1 amide bonds. The number of carbonyl (C=O) groups excluding carboxylic acids is 1. The predicted molar refractivity (Wildman–Crippen MR) is 76.9 cm³/mol. The zero-order valence-electron chi connectivity index (χ0n) is 11.5. The Morgan fingerprint density at radius 3 is 2.75 bits per heavy atom. The molecule has 0 unspecified atom stereocenters. The van der Waals surface area contributed by atoms with Crippen LogP contribution < -0.4 is 5.32 Å². The van der Waals surface area contributed by atoms with Gasteiger partial charge in [-0.15, -0.1) is 11.3 Å². The van der Waals surface area contributed by atoms with Crippen molar-refractivity contribution in [3.8, 4) is 0 Å². The first kappa shape index (κ1) is 14.9. The van der Waals surface area contributed by atoms with Crippen molar-refractivity contribution in [2.45, 2.75) is 26.2 Å². The van der Waals surface area contributed by atoms with Gasteiger partial charge in [-0.3, -0.25) is 14.5 Å². The highest BCUT2D eigenvalue weighted by Gasteiger charge is 2.22. The van der Waals surface area contributed by atoms with Crippen LogP contribution in [0.1, 0.15) is 25.0 Å². The largest absolute Gasteiger partial charge is 0.481 e. The minimum atomic E-state index is -0.736. The average Bonchev–Trinajstić information content (AvgIpc) is 2.76. The normalized spacial score (nSPS) is 17.1. The molecule has 0 aliphatic carbocycles. The van der Waals surface area contributed by atoms with E-state index in [1.807, 2.05) is 12.3 Å². The van der Waals surface area contributed by atoms with Crippen molar-refractivity contribution in [2.24, 2.45) is 5.92 Å². The van der Waals surface area contributed by atoms with Gasteiger partial charge in [0.1, 0.15) is 0 Å². The lowest BCUT2D eigenvalue weighted by atomic mass is 9.94. The van der Waals surface area contributed by atoms with Crippen LogP contribution in [0.3, 0.4) is 0 Å².